The van der Waals surface area contributed by atoms with E-state index in [0.29, 0.717) is 29.0 Å². The number of carbonyl (C=O) groups excluding carboxylic acids is 2. The van der Waals surface area contributed by atoms with Crippen LogP contribution in [0.4, 0.5) is 0 Å². The minimum Gasteiger partial charge on any atom is -0.294 e. The maximum atomic E-state index is 12.3. The molecule has 2 aliphatic rings. The van der Waals surface area contributed by atoms with Crippen LogP contribution in [0, 0.1) is 11.8 Å². The van der Waals surface area contributed by atoms with Gasteiger partial charge < -0.3 is 0 Å². The van der Waals surface area contributed by atoms with Crippen LogP contribution in [0.1, 0.15) is 33.6 Å². The highest BCUT2D eigenvalue weighted by Gasteiger charge is 2.42. The first-order chi connectivity index (χ1) is 8.18. The third-order valence-electron chi connectivity index (χ3n) is 3.63. The highest BCUT2D eigenvalue weighted by Crippen LogP contribution is 2.40. The second-order valence-electron chi connectivity index (χ2n) is 4.58. The number of hydrogen-bond acceptors (Lipinski definition) is 2. The van der Waals surface area contributed by atoms with E-state index in [-0.39, 0.29) is 23.4 Å². The van der Waals surface area contributed by atoms with Gasteiger partial charge in [0.05, 0.1) is 0 Å². The van der Waals surface area contributed by atoms with Gasteiger partial charge in [-0.2, -0.15) is 0 Å². The van der Waals surface area contributed by atoms with Gasteiger partial charge in [-0.05, 0) is 12.8 Å². The first-order valence-electron chi connectivity index (χ1n) is 5.70. The Hall–Kier alpha value is -1.41. The van der Waals surface area contributed by atoms with Crippen LogP contribution >= 0.6 is 11.6 Å². The Labute approximate surface area is 104 Å². The summed E-state index contributed by atoms with van der Waals surface area (Å²) in [6.45, 7) is 0. The maximum Gasteiger partial charge on any atom is 0.167 e. The Bertz CT molecular complexity index is 545. The highest BCUT2D eigenvalue weighted by atomic mass is 35.5. The third kappa shape index (κ3) is 1.55. The molecule has 1 aromatic rings. The maximum absolute atomic E-state index is 12.3. The first kappa shape index (κ1) is 10.7. The Kier molecular flexibility index (Phi) is 2.40. The molecule has 0 N–H and O–H groups in total. The zero-order chi connectivity index (χ0) is 12.0. The zero-order valence-corrected chi connectivity index (χ0v) is 9.91. The van der Waals surface area contributed by atoms with Crippen molar-refractivity contribution in [2.24, 2.45) is 11.8 Å². The standard InChI is InChI=1S/C14H11ClO2/c15-8-5-6-11-12(7-8)14(17)10-4-2-1-3-9(10)13(11)16/h1-5,11-12H,6-7H2. The van der Waals surface area contributed by atoms with E-state index >= 15 is 0 Å². The molecule has 0 aromatic heterocycles. The Morgan fingerprint density at radius 1 is 1.00 bits per heavy atom. The number of benzene rings is 1. The molecule has 2 atom stereocenters. The SMILES string of the molecule is O=C1c2ccccc2C(=O)C2CC(Cl)=CCC12. The fourth-order valence-corrected chi connectivity index (χ4v) is 2.99. The Morgan fingerprint density at radius 3 is 2.24 bits per heavy atom. The molecule has 0 aliphatic heterocycles. The van der Waals surface area contributed by atoms with Crippen molar-refractivity contribution in [3.05, 3.63) is 46.5 Å². The van der Waals surface area contributed by atoms with Crippen molar-refractivity contribution in [3.63, 3.8) is 0 Å². The largest absolute Gasteiger partial charge is 0.294 e. The van der Waals surface area contributed by atoms with Gasteiger partial charge >= 0.3 is 0 Å². The van der Waals surface area contributed by atoms with Gasteiger partial charge in [-0.1, -0.05) is 41.9 Å². The summed E-state index contributed by atoms with van der Waals surface area (Å²) in [6, 6.07) is 7.07. The van der Waals surface area contributed by atoms with Crippen molar-refractivity contribution < 1.29 is 9.59 Å². The van der Waals surface area contributed by atoms with Crippen molar-refractivity contribution in [1.82, 2.24) is 0 Å². The Balaban J connectivity index is 2.12. The molecule has 0 radical (unpaired) electrons. The van der Waals surface area contributed by atoms with E-state index in [1.165, 1.54) is 0 Å². The summed E-state index contributed by atoms with van der Waals surface area (Å²) in [6.07, 6.45) is 2.95. The summed E-state index contributed by atoms with van der Waals surface area (Å²) in [5.74, 6) is -0.308. The summed E-state index contributed by atoms with van der Waals surface area (Å²) in [7, 11) is 0. The van der Waals surface area contributed by atoms with Crippen LogP contribution in [-0.2, 0) is 0 Å². The van der Waals surface area contributed by atoms with Crippen molar-refractivity contribution in [3.8, 4) is 0 Å². The minimum absolute atomic E-state index is 0.0662. The molecule has 2 aliphatic carbocycles. The average molecular weight is 247 g/mol. The number of hydrogen-bond donors (Lipinski definition) is 0. The van der Waals surface area contributed by atoms with Crippen LogP contribution < -0.4 is 0 Å². The van der Waals surface area contributed by atoms with Gasteiger partial charge in [-0.25, -0.2) is 0 Å². The number of ketones is 2. The molecule has 86 valence electrons. The van der Waals surface area contributed by atoms with Crippen LogP contribution in [0.25, 0.3) is 0 Å². The van der Waals surface area contributed by atoms with Crippen molar-refractivity contribution >= 4 is 23.2 Å². The van der Waals surface area contributed by atoms with Gasteiger partial charge in [-0.15, -0.1) is 0 Å². The lowest BCUT2D eigenvalue weighted by Gasteiger charge is -2.32. The second-order valence-corrected chi connectivity index (χ2v) is 5.06. The van der Waals surface area contributed by atoms with E-state index in [1.807, 2.05) is 6.08 Å². The van der Waals surface area contributed by atoms with Crippen LogP contribution in [0.2, 0.25) is 0 Å². The summed E-state index contributed by atoms with van der Waals surface area (Å²) in [5, 5.41) is 0.701. The van der Waals surface area contributed by atoms with Crippen LogP contribution in [0.5, 0.6) is 0 Å². The first-order valence-corrected chi connectivity index (χ1v) is 6.08. The van der Waals surface area contributed by atoms with E-state index in [2.05, 4.69) is 0 Å². The van der Waals surface area contributed by atoms with Crippen molar-refractivity contribution in [1.29, 1.82) is 0 Å². The number of Topliss-reactive ketones (excluding diaryl/α,β-unsaturated/α-hetero) is 2. The fourth-order valence-electron chi connectivity index (χ4n) is 2.73. The van der Waals surface area contributed by atoms with E-state index in [9.17, 15) is 9.59 Å². The minimum atomic E-state index is -0.255. The molecule has 0 saturated carbocycles. The molecule has 2 unspecified atom stereocenters. The third-order valence-corrected chi connectivity index (χ3v) is 3.93. The van der Waals surface area contributed by atoms with E-state index < -0.39 is 0 Å². The summed E-state index contributed by atoms with van der Waals surface area (Å²) in [5.41, 5.74) is 1.13. The van der Waals surface area contributed by atoms with Gasteiger partial charge in [0.15, 0.2) is 11.6 Å². The topological polar surface area (TPSA) is 34.1 Å². The smallest absolute Gasteiger partial charge is 0.167 e. The van der Waals surface area contributed by atoms with Crippen molar-refractivity contribution in [2.75, 3.05) is 0 Å². The lowest BCUT2D eigenvalue weighted by Crippen LogP contribution is -2.37. The molecule has 0 heterocycles. The molecule has 17 heavy (non-hydrogen) atoms. The molecule has 1 aromatic carbocycles. The fraction of sp³-hybridized carbons (Fsp3) is 0.286. The summed E-state index contributed by atoms with van der Waals surface area (Å²) in [4.78, 5) is 24.6. The molecular weight excluding hydrogens is 236 g/mol. The summed E-state index contributed by atoms with van der Waals surface area (Å²) < 4.78 is 0. The molecule has 0 saturated heterocycles. The predicted octanol–water partition coefficient (Wildman–Crippen LogP) is 3.21. The molecule has 0 spiro atoms. The normalized spacial score (nSPS) is 27.2. The average Bonchev–Trinajstić information content (AvgIpc) is 2.36. The van der Waals surface area contributed by atoms with E-state index in [4.69, 9.17) is 11.6 Å². The molecule has 0 bridgehead atoms. The number of rotatable bonds is 0. The number of carbonyl (C=O) groups is 2. The van der Waals surface area contributed by atoms with E-state index in [0.717, 1.165) is 0 Å². The summed E-state index contributed by atoms with van der Waals surface area (Å²) >= 11 is 5.97. The monoisotopic (exact) mass is 246 g/mol. The lowest BCUT2D eigenvalue weighted by atomic mass is 9.69. The predicted molar refractivity (Wildman–Crippen MR) is 65.3 cm³/mol. The zero-order valence-electron chi connectivity index (χ0n) is 9.15. The number of halogens is 1. The number of fused-ring (bicyclic) bond motifs is 2. The molecule has 0 amide bonds. The van der Waals surface area contributed by atoms with Crippen LogP contribution in [0.3, 0.4) is 0 Å². The quantitative estimate of drug-likeness (QED) is 0.704. The van der Waals surface area contributed by atoms with Crippen LogP contribution in [-0.4, -0.2) is 11.6 Å². The molecule has 2 nitrogen and oxygen atoms in total. The van der Waals surface area contributed by atoms with Gasteiger partial charge in [0.25, 0.3) is 0 Å². The van der Waals surface area contributed by atoms with Crippen molar-refractivity contribution in [2.45, 2.75) is 12.8 Å². The molecule has 3 heteroatoms. The highest BCUT2D eigenvalue weighted by molar-refractivity contribution is 6.30. The van der Waals surface area contributed by atoms with Gasteiger partial charge in [0.2, 0.25) is 0 Å². The van der Waals surface area contributed by atoms with Gasteiger partial charge in [0.1, 0.15) is 0 Å². The Morgan fingerprint density at radius 2 is 1.59 bits per heavy atom. The molecular formula is C14H11ClO2. The second kappa shape index (κ2) is 3.81. The van der Waals surface area contributed by atoms with E-state index in [1.54, 1.807) is 24.3 Å². The lowest BCUT2D eigenvalue weighted by molar-refractivity contribution is 0.0728. The van der Waals surface area contributed by atoms with Gasteiger partial charge in [-0.3, -0.25) is 9.59 Å². The number of allylic oxidation sites excluding steroid dienone is 2. The van der Waals surface area contributed by atoms with Crippen LogP contribution in [0.15, 0.2) is 35.4 Å². The van der Waals surface area contributed by atoms with Gasteiger partial charge in [0, 0.05) is 28.0 Å². The molecule has 3 rings (SSSR count). The molecule has 0 fully saturated rings.